The van der Waals surface area contributed by atoms with Crippen LogP contribution in [0.25, 0.3) is 0 Å². The van der Waals surface area contributed by atoms with Gasteiger partial charge in [0, 0.05) is 11.3 Å². The molecule has 3 fully saturated rings. The van der Waals surface area contributed by atoms with Crippen molar-refractivity contribution in [2.75, 3.05) is 0 Å². The van der Waals surface area contributed by atoms with Gasteiger partial charge in [0.15, 0.2) is 0 Å². The molecule has 0 aromatic carbocycles. The highest BCUT2D eigenvalue weighted by Gasteiger charge is 2.60. The molecule has 0 saturated heterocycles. The maximum absolute atomic E-state index is 12.4. The number of hydrogen-bond acceptors (Lipinski definition) is 2. The molecule has 29 heavy (non-hydrogen) atoms. The maximum Gasteiger partial charge on any atom is 0.222 e. The zero-order valence-corrected chi connectivity index (χ0v) is 18.8. The van der Waals surface area contributed by atoms with Crippen LogP contribution in [0.1, 0.15) is 79.6 Å². The number of hydrogen-bond donors (Lipinski definition) is 0. The standard InChI is InChI=1S/C27H36O2/c1-16-8-10-25(3)12-13-27(5)19(21(25)14-16)9-11-26(4)20-15-22(28)24(29)17(2)18(20)6-7-23(26)27/h6-7,15-17,19,21H,8-14H2,1-5H3. The molecule has 3 saturated carbocycles. The molecule has 0 heterocycles. The third-order valence-corrected chi connectivity index (χ3v) is 10.2. The number of carbonyl (C=O) groups is 2. The first-order valence-corrected chi connectivity index (χ1v) is 11.8. The van der Waals surface area contributed by atoms with Crippen molar-refractivity contribution in [2.45, 2.75) is 79.6 Å². The van der Waals surface area contributed by atoms with Crippen LogP contribution in [0.4, 0.5) is 0 Å². The van der Waals surface area contributed by atoms with E-state index in [9.17, 15) is 9.59 Å². The minimum absolute atomic E-state index is 0.0893. The molecule has 2 heteroatoms. The Morgan fingerprint density at radius 1 is 0.897 bits per heavy atom. The minimum atomic E-state index is -0.295. The Bertz CT molecular complexity index is 888. The molecule has 0 aliphatic heterocycles. The summed E-state index contributed by atoms with van der Waals surface area (Å²) in [7, 11) is 0. The summed E-state index contributed by atoms with van der Waals surface area (Å²) in [6.07, 6.45) is 15.4. The van der Waals surface area contributed by atoms with Gasteiger partial charge in [0.25, 0.3) is 0 Å². The first-order valence-electron chi connectivity index (χ1n) is 11.8. The van der Waals surface area contributed by atoms with Gasteiger partial charge in [-0.25, -0.2) is 0 Å². The Labute approximate surface area is 175 Å². The van der Waals surface area contributed by atoms with Crippen molar-refractivity contribution < 1.29 is 9.59 Å². The van der Waals surface area contributed by atoms with Crippen LogP contribution >= 0.6 is 0 Å². The number of carbonyl (C=O) groups excluding carboxylic acids is 2. The third-order valence-electron chi connectivity index (χ3n) is 10.2. The van der Waals surface area contributed by atoms with Gasteiger partial charge in [-0.3, -0.25) is 9.59 Å². The number of ketones is 2. The molecule has 2 nitrogen and oxygen atoms in total. The van der Waals surface area contributed by atoms with Gasteiger partial charge in [-0.05, 0) is 84.3 Å². The molecule has 0 bridgehead atoms. The van der Waals surface area contributed by atoms with Gasteiger partial charge in [0.2, 0.25) is 11.6 Å². The third kappa shape index (κ3) is 2.47. The van der Waals surface area contributed by atoms with Crippen molar-refractivity contribution in [3.63, 3.8) is 0 Å². The van der Waals surface area contributed by atoms with Crippen molar-refractivity contribution in [1.29, 1.82) is 0 Å². The minimum Gasteiger partial charge on any atom is -0.290 e. The molecule has 7 atom stereocenters. The van der Waals surface area contributed by atoms with Gasteiger partial charge < -0.3 is 0 Å². The molecular formula is C27H36O2. The predicted octanol–water partition coefficient (Wildman–Crippen LogP) is 6.23. The molecule has 0 N–H and O–H groups in total. The first-order chi connectivity index (χ1) is 13.6. The van der Waals surface area contributed by atoms with Crippen LogP contribution in [0.15, 0.2) is 34.9 Å². The molecule has 7 unspecified atom stereocenters. The van der Waals surface area contributed by atoms with Gasteiger partial charge in [-0.15, -0.1) is 0 Å². The zero-order chi connectivity index (χ0) is 20.8. The fourth-order valence-corrected chi connectivity index (χ4v) is 8.21. The molecular weight excluding hydrogens is 356 g/mol. The molecule has 0 radical (unpaired) electrons. The number of allylic oxidation sites excluding steroid dienone is 6. The summed E-state index contributed by atoms with van der Waals surface area (Å²) in [6.45, 7) is 11.8. The lowest BCUT2D eigenvalue weighted by molar-refractivity contribution is -0.135. The van der Waals surface area contributed by atoms with E-state index in [0.29, 0.717) is 5.41 Å². The average molecular weight is 393 g/mol. The van der Waals surface area contributed by atoms with Crippen molar-refractivity contribution in [1.82, 2.24) is 0 Å². The Kier molecular flexibility index (Phi) is 4.07. The summed E-state index contributed by atoms with van der Waals surface area (Å²) in [5.74, 6) is 1.58. The molecule has 5 aliphatic carbocycles. The lowest BCUT2D eigenvalue weighted by Gasteiger charge is -2.64. The van der Waals surface area contributed by atoms with Crippen molar-refractivity contribution in [3.05, 3.63) is 34.9 Å². The van der Waals surface area contributed by atoms with Crippen LogP contribution in [0.2, 0.25) is 0 Å². The van der Waals surface area contributed by atoms with Crippen LogP contribution in [-0.2, 0) is 9.59 Å². The van der Waals surface area contributed by atoms with E-state index in [0.717, 1.165) is 35.3 Å². The fraction of sp³-hybridized carbons (Fsp3) is 0.704. The van der Waals surface area contributed by atoms with Gasteiger partial charge >= 0.3 is 0 Å². The SMILES string of the molecule is CC1CCC2(C)CCC3(C)C4=CC=C5C(=CC(=O)C(=O)C5C)C4(C)CCC3C2C1. The van der Waals surface area contributed by atoms with E-state index in [2.05, 4.69) is 39.8 Å². The fourth-order valence-electron chi connectivity index (χ4n) is 8.21. The largest absolute Gasteiger partial charge is 0.290 e. The number of fused-ring (bicyclic) bond motifs is 7. The van der Waals surface area contributed by atoms with Gasteiger partial charge in [-0.1, -0.05) is 58.8 Å². The van der Waals surface area contributed by atoms with Crippen LogP contribution in [-0.4, -0.2) is 11.6 Å². The maximum atomic E-state index is 12.4. The van der Waals surface area contributed by atoms with Gasteiger partial charge in [0.1, 0.15) is 0 Å². The second kappa shape index (κ2) is 6.05. The summed E-state index contributed by atoms with van der Waals surface area (Å²) in [6, 6.07) is 0. The first kappa shape index (κ1) is 19.5. The highest BCUT2D eigenvalue weighted by Crippen LogP contribution is 2.69. The van der Waals surface area contributed by atoms with Crippen LogP contribution < -0.4 is 0 Å². The lowest BCUT2D eigenvalue weighted by atomic mass is 9.40. The highest BCUT2D eigenvalue weighted by molar-refractivity contribution is 6.44. The van der Waals surface area contributed by atoms with Crippen molar-refractivity contribution in [3.8, 4) is 0 Å². The van der Waals surface area contributed by atoms with Gasteiger partial charge in [-0.2, -0.15) is 0 Å². The Hall–Kier alpha value is -1.44. The van der Waals surface area contributed by atoms with Crippen LogP contribution in [0.3, 0.4) is 0 Å². The van der Waals surface area contributed by atoms with Crippen LogP contribution in [0, 0.1) is 39.9 Å². The summed E-state index contributed by atoms with van der Waals surface area (Å²) in [4.78, 5) is 24.7. The molecule has 5 aliphatic rings. The number of Topliss-reactive ketones (excluding diaryl/α,β-unsaturated/α-hetero) is 1. The predicted molar refractivity (Wildman–Crippen MR) is 116 cm³/mol. The Morgan fingerprint density at radius 2 is 1.66 bits per heavy atom. The van der Waals surface area contributed by atoms with E-state index < -0.39 is 0 Å². The summed E-state index contributed by atoms with van der Waals surface area (Å²) < 4.78 is 0. The van der Waals surface area contributed by atoms with E-state index in [4.69, 9.17) is 0 Å². The quantitative estimate of drug-likeness (QED) is 0.458. The van der Waals surface area contributed by atoms with E-state index >= 15 is 0 Å². The highest BCUT2D eigenvalue weighted by atomic mass is 16.2. The van der Waals surface area contributed by atoms with E-state index in [1.165, 1.54) is 38.5 Å². The monoisotopic (exact) mass is 392 g/mol. The molecule has 5 rings (SSSR count). The molecule has 0 spiro atoms. The normalized spacial score (nSPS) is 49.1. The molecule has 0 amide bonds. The van der Waals surface area contributed by atoms with E-state index in [1.54, 1.807) is 11.6 Å². The molecule has 0 aromatic rings. The van der Waals surface area contributed by atoms with Crippen molar-refractivity contribution in [2.24, 2.45) is 39.9 Å². The Balaban J connectivity index is 1.60. The average Bonchev–Trinajstić information content (AvgIpc) is 2.67. The second-order valence-corrected chi connectivity index (χ2v) is 11.7. The van der Waals surface area contributed by atoms with Gasteiger partial charge in [0.05, 0.1) is 0 Å². The molecule has 0 aromatic heterocycles. The summed E-state index contributed by atoms with van der Waals surface area (Å²) >= 11 is 0. The van der Waals surface area contributed by atoms with Crippen molar-refractivity contribution >= 4 is 11.6 Å². The van der Waals surface area contributed by atoms with Crippen LogP contribution in [0.5, 0.6) is 0 Å². The zero-order valence-electron chi connectivity index (χ0n) is 18.8. The van der Waals surface area contributed by atoms with E-state index in [1.807, 2.05) is 6.92 Å². The Morgan fingerprint density at radius 3 is 2.41 bits per heavy atom. The number of rotatable bonds is 0. The second-order valence-electron chi connectivity index (χ2n) is 11.7. The smallest absolute Gasteiger partial charge is 0.222 e. The summed E-state index contributed by atoms with van der Waals surface area (Å²) in [5, 5.41) is 0. The summed E-state index contributed by atoms with van der Waals surface area (Å²) in [5.41, 5.74) is 4.43. The van der Waals surface area contributed by atoms with E-state index in [-0.39, 0.29) is 28.3 Å². The topological polar surface area (TPSA) is 34.1 Å². The lowest BCUT2D eigenvalue weighted by Crippen LogP contribution is -2.55. The molecule has 156 valence electrons.